The van der Waals surface area contributed by atoms with Gasteiger partial charge in [0.15, 0.2) is 5.11 Å². The van der Waals surface area contributed by atoms with E-state index in [2.05, 4.69) is 27.7 Å². The van der Waals surface area contributed by atoms with E-state index in [0.29, 0.717) is 11.7 Å². The maximum Gasteiger partial charge on any atom is 0.174 e. The van der Waals surface area contributed by atoms with E-state index in [1.54, 1.807) is 17.6 Å². The number of furan rings is 1. The van der Waals surface area contributed by atoms with Gasteiger partial charge in [0.1, 0.15) is 5.76 Å². The van der Waals surface area contributed by atoms with E-state index in [1.165, 1.54) is 4.88 Å². The van der Waals surface area contributed by atoms with Crippen molar-refractivity contribution in [3.05, 3.63) is 76.9 Å². The molecule has 0 spiro atoms. The number of nitrogens with one attached hydrogen (secondary N) is 1. The maximum atomic E-state index is 5.58. The molecule has 5 heteroatoms. The van der Waals surface area contributed by atoms with Crippen molar-refractivity contribution in [2.45, 2.75) is 13.1 Å². The normalized spacial score (nSPS) is 10.4. The fraction of sp³-hybridized carbons (Fsp3) is 0.118. The van der Waals surface area contributed by atoms with Gasteiger partial charge in [-0.05, 0) is 47.9 Å². The molecule has 0 unspecified atom stereocenters. The van der Waals surface area contributed by atoms with Gasteiger partial charge >= 0.3 is 0 Å². The van der Waals surface area contributed by atoms with Gasteiger partial charge in [-0.3, -0.25) is 0 Å². The topological polar surface area (TPSA) is 28.4 Å². The zero-order valence-corrected chi connectivity index (χ0v) is 13.6. The zero-order valence-electron chi connectivity index (χ0n) is 11.9. The Morgan fingerprint density at radius 2 is 1.91 bits per heavy atom. The first-order chi connectivity index (χ1) is 10.8. The highest BCUT2D eigenvalue weighted by molar-refractivity contribution is 7.80. The van der Waals surface area contributed by atoms with Crippen LogP contribution < -0.4 is 5.32 Å². The van der Waals surface area contributed by atoms with Crippen molar-refractivity contribution < 1.29 is 4.42 Å². The molecule has 1 aromatic carbocycles. The monoisotopic (exact) mass is 328 g/mol. The van der Waals surface area contributed by atoms with Gasteiger partial charge in [-0.15, -0.1) is 11.3 Å². The number of hydrogen-bond donors (Lipinski definition) is 1. The van der Waals surface area contributed by atoms with Crippen molar-refractivity contribution in [3.63, 3.8) is 0 Å². The Balaban J connectivity index is 1.73. The lowest BCUT2D eigenvalue weighted by atomic mass is 10.3. The number of rotatable bonds is 5. The summed E-state index contributed by atoms with van der Waals surface area (Å²) in [6.07, 6.45) is 1.69. The van der Waals surface area contributed by atoms with Gasteiger partial charge in [0.25, 0.3) is 0 Å². The van der Waals surface area contributed by atoms with E-state index in [1.807, 2.05) is 42.5 Å². The summed E-state index contributed by atoms with van der Waals surface area (Å²) in [5.41, 5.74) is 0.989. The van der Waals surface area contributed by atoms with E-state index < -0.39 is 0 Å². The molecule has 0 fully saturated rings. The summed E-state index contributed by atoms with van der Waals surface area (Å²) in [6, 6.07) is 18.0. The van der Waals surface area contributed by atoms with Crippen LogP contribution in [0.2, 0.25) is 0 Å². The Bertz CT molecular complexity index is 657. The Kier molecular flexibility index (Phi) is 4.88. The predicted octanol–water partition coefficient (Wildman–Crippen LogP) is 4.74. The summed E-state index contributed by atoms with van der Waals surface area (Å²) < 4.78 is 5.46. The summed E-state index contributed by atoms with van der Waals surface area (Å²) in [7, 11) is 0. The average molecular weight is 328 g/mol. The molecular weight excluding hydrogens is 312 g/mol. The molecule has 0 aliphatic carbocycles. The van der Waals surface area contributed by atoms with Crippen LogP contribution in [0.15, 0.2) is 70.7 Å². The number of benzene rings is 1. The average Bonchev–Trinajstić information content (AvgIpc) is 3.21. The maximum absolute atomic E-state index is 5.58. The molecule has 3 aromatic rings. The van der Waals surface area contributed by atoms with Gasteiger partial charge in [-0.25, -0.2) is 0 Å². The van der Waals surface area contributed by atoms with E-state index in [-0.39, 0.29) is 0 Å². The number of hydrogen-bond acceptors (Lipinski definition) is 3. The van der Waals surface area contributed by atoms with E-state index in [0.717, 1.165) is 18.0 Å². The standard InChI is InChI=1S/C17H16N2OS2/c21-17(18-14-6-2-1-3-7-14)19(12-15-8-4-10-20-15)13-16-9-5-11-22-16/h1-11H,12-13H2,(H,18,21). The van der Waals surface area contributed by atoms with Gasteiger partial charge in [-0.1, -0.05) is 24.3 Å². The first kappa shape index (κ1) is 14.8. The lowest BCUT2D eigenvalue weighted by Crippen LogP contribution is -2.33. The second-order valence-corrected chi connectivity index (χ2v) is 6.23. The first-order valence-corrected chi connectivity index (χ1v) is 8.26. The minimum absolute atomic E-state index is 0.642. The Hall–Kier alpha value is -2.11. The number of thiophene rings is 1. The summed E-state index contributed by atoms with van der Waals surface area (Å²) in [5.74, 6) is 0.897. The Morgan fingerprint density at radius 1 is 1.05 bits per heavy atom. The van der Waals surface area contributed by atoms with E-state index >= 15 is 0 Å². The van der Waals surface area contributed by atoms with Crippen LogP contribution in [0.1, 0.15) is 10.6 Å². The van der Waals surface area contributed by atoms with Gasteiger partial charge in [0.2, 0.25) is 0 Å². The van der Waals surface area contributed by atoms with Crippen LogP contribution in [-0.4, -0.2) is 10.0 Å². The number of nitrogens with zero attached hydrogens (tertiary/aromatic N) is 1. The van der Waals surface area contributed by atoms with Crippen molar-refractivity contribution in [1.29, 1.82) is 0 Å². The molecule has 0 saturated heterocycles. The molecule has 0 aliphatic heterocycles. The molecule has 2 heterocycles. The SMILES string of the molecule is S=C(Nc1ccccc1)N(Cc1ccco1)Cc1cccs1. The minimum Gasteiger partial charge on any atom is -0.467 e. The third-order valence-corrected chi connectivity index (χ3v) is 4.39. The molecule has 22 heavy (non-hydrogen) atoms. The Morgan fingerprint density at radius 3 is 2.59 bits per heavy atom. The van der Waals surface area contributed by atoms with Crippen LogP contribution in [-0.2, 0) is 13.1 Å². The third-order valence-electron chi connectivity index (χ3n) is 3.17. The minimum atomic E-state index is 0.642. The summed E-state index contributed by atoms with van der Waals surface area (Å²) >= 11 is 7.31. The molecule has 0 atom stereocenters. The largest absolute Gasteiger partial charge is 0.467 e. The lowest BCUT2D eigenvalue weighted by molar-refractivity contribution is 0.362. The van der Waals surface area contributed by atoms with E-state index in [9.17, 15) is 0 Å². The van der Waals surface area contributed by atoms with Crippen LogP contribution in [0.3, 0.4) is 0 Å². The summed E-state index contributed by atoms with van der Waals surface area (Å²) in [4.78, 5) is 3.37. The second-order valence-electron chi connectivity index (χ2n) is 4.81. The van der Waals surface area contributed by atoms with Crippen LogP contribution in [0.5, 0.6) is 0 Å². The molecule has 1 N–H and O–H groups in total. The molecule has 0 amide bonds. The second kappa shape index (κ2) is 7.24. The zero-order chi connectivity index (χ0) is 15.2. The molecule has 3 nitrogen and oxygen atoms in total. The van der Waals surface area contributed by atoms with Crippen molar-refractivity contribution in [3.8, 4) is 0 Å². The molecule has 0 radical (unpaired) electrons. The van der Waals surface area contributed by atoms with E-state index in [4.69, 9.17) is 16.6 Å². The lowest BCUT2D eigenvalue weighted by Gasteiger charge is -2.24. The smallest absolute Gasteiger partial charge is 0.174 e. The highest BCUT2D eigenvalue weighted by Crippen LogP contribution is 2.16. The Labute approximate surface area is 139 Å². The molecular formula is C17H16N2OS2. The first-order valence-electron chi connectivity index (χ1n) is 6.97. The van der Waals surface area contributed by atoms with Crippen molar-refractivity contribution >= 4 is 34.4 Å². The van der Waals surface area contributed by atoms with Crippen LogP contribution in [0, 0.1) is 0 Å². The van der Waals surface area contributed by atoms with Crippen LogP contribution in [0.4, 0.5) is 5.69 Å². The fourth-order valence-electron chi connectivity index (χ4n) is 2.10. The quantitative estimate of drug-likeness (QED) is 0.685. The van der Waals surface area contributed by atoms with Crippen molar-refractivity contribution in [2.75, 3.05) is 5.32 Å². The van der Waals surface area contributed by atoms with Gasteiger partial charge in [0.05, 0.1) is 19.4 Å². The van der Waals surface area contributed by atoms with Crippen molar-refractivity contribution in [1.82, 2.24) is 4.90 Å². The van der Waals surface area contributed by atoms with Crippen molar-refractivity contribution in [2.24, 2.45) is 0 Å². The number of para-hydroxylation sites is 1. The fourth-order valence-corrected chi connectivity index (χ4v) is 3.07. The molecule has 0 saturated carbocycles. The van der Waals surface area contributed by atoms with Crippen LogP contribution >= 0.6 is 23.6 Å². The third kappa shape index (κ3) is 3.96. The highest BCUT2D eigenvalue weighted by atomic mass is 32.1. The summed E-state index contributed by atoms with van der Waals surface area (Å²) in [5, 5.41) is 6.06. The number of anilines is 1. The van der Waals surface area contributed by atoms with Gasteiger partial charge < -0.3 is 14.6 Å². The molecule has 112 valence electrons. The molecule has 0 aliphatic rings. The van der Waals surface area contributed by atoms with Crippen LogP contribution in [0.25, 0.3) is 0 Å². The van der Waals surface area contributed by atoms with Gasteiger partial charge in [0, 0.05) is 10.6 Å². The number of thiocarbonyl (C=S) groups is 1. The molecule has 2 aromatic heterocycles. The highest BCUT2D eigenvalue weighted by Gasteiger charge is 2.13. The van der Waals surface area contributed by atoms with Gasteiger partial charge in [-0.2, -0.15) is 0 Å². The predicted molar refractivity (Wildman–Crippen MR) is 94.9 cm³/mol. The molecule has 3 rings (SSSR count). The molecule has 0 bridgehead atoms. The summed E-state index contributed by atoms with van der Waals surface area (Å²) in [6.45, 7) is 1.40.